The van der Waals surface area contributed by atoms with Crippen molar-refractivity contribution in [3.8, 4) is 0 Å². The average Bonchev–Trinajstić information content (AvgIpc) is 2.50. The van der Waals surface area contributed by atoms with Crippen molar-refractivity contribution >= 4 is 36.6 Å². The van der Waals surface area contributed by atoms with E-state index in [4.69, 9.17) is 0 Å². The molecule has 0 amide bonds. The van der Waals surface area contributed by atoms with Crippen LogP contribution in [0.2, 0.25) is 0 Å². The molecule has 7 heteroatoms. The zero-order valence-electron chi connectivity index (χ0n) is 9.46. The molecule has 1 heterocycles. The van der Waals surface area contributed by atoms with E-state index in [9.17, 15) is 17.3 Å². The fraction of sp³-hybridized carbons (Fsp3) is 0.300. The third kappa shape index (κ3) is 4.68. The van der Waals surface area contributed by atoms with Crippen LogP contribution >= 0.6 is 0 Å². The quantitative estimate of drug-likeness (QED) is 0.418. The zero-order valence-corrected chi connectivity index (χ0v) is 11.8. The molecule has 17 heavy (non-hydrogen) atoms. The Bertz CT molecular complexity index is 489. The summed E-state index contributed by atoms with van der Waals surface area (Å²) in [7, 11) is -6.00. The van der Waals surface area contributed by atoms with Crippen molar-refractivity contribution in [1.82, 2.24) is 0 Å². The third-order valence-corrected chi connectivity index (χ3v) is 5.20. The number of rotatable bonds is 1. The predicted octanol–water partition coefficient (Wildman–Crippen LogP) is 2.81. The summed E-state index contributed by atoms with van der Waals surface area (Å²) in [6.45, 7) is 5.61. The van der Waals surface area contributed by atoms with Gasteiger partial charge in [0.05, 0.1) is 0 Å². The van der Waals surface area contributed by atoms with Gasteiger partial charge in [0.1, 0.15) is 0 Å². The number of fused-ring (bicyclic) bond motifs is 1. The molecule has 0 radical (unpaired) electrons. The molecule has 0 aliphatic heterocycles. The Labute approximate surface area is 107 Å². The van der Waals surface area contributed by atoms with E-state index < -0.39 is 7.25 Å². The first kappa shape index (κ1) is 14.5. The first-order valence-electron chi connectivity index (χ1n) is 5.08. The SMILES string of the molecule is CC[n+]1c(C)[te]c2ccccc21.F[B-](F)(F)F. The number of hydrogen-bond donors (Lipinski definition) is 0. The number of hydrogen-bond acceptors (Lipinski definition) is 0. The molecule has 0 aliphatic carbocycles. The van der Waals surface area contributed by atoms with E-state index in [0.29, 0.717) is 0 Å². The molecule has 0 spiro atoms. The summed E-state index contributed by atoms with van der Waals surface area (Å²) in [4.78, 5) is 0. The molecule has 94 valence electrons. The van der Waals surface area contributed by atoms with Gasteiger partial charge in [0.15, 0.2) is 0 Å². The van der Waals surface area contributed by atoms with Gasteiger partial charge in [0, 0.05) is 0 Å². The molecule has 2 aromatic rings. The molecule has 0 aliphatic rings. The van der Waals surface area contributed by atoms with Gasteiger partial charge >= 0.3 is 89.5 Å². The van der Waals surface area contributed by atoms with Crippen LogP contribution in [-0.2, 0) is 6.54 Å². The Balaban J connectivity index is 0.000000249. The van der Waals surface area contributed by atoms with Crippen molar-refractivity contribution in [3.05, 3.63) is 28.0 Å². The maximum Gasteiger partial charge on any atom is 0.673 e. The van der Waals surface area contributed by atoms with E-state index in [1.165, 1.54) is 5.52 Å². The molecule has 0 saturated carbocycles. The van der Waals surface area contributed by atoms with Gasteiger partial charge in [0.25, 0.3) is 0 Å². The van der Waals surface area contributed by atoms with Crippen molar-refractivity contribution < 1.29 is 21.8 Å². The van der Waals surface area contributed by atoms with Crippen molar-refractivity contribution in [2.75, 3.05) is 0 Å². The third-order valence-electron chi connectivity index (χ3n) is 2.11. The standard InChI is InChI=1S/C10H12NTe.BF4/c1-3-11-8(2)12-10-7-5-4-6-9(10)11;2-1(3,4)5/h4-7H,3H2,1-2H3;/q+1;-1. The fourth-order valence-electron chi connectivity index (χ4n) is 1.54. The van der Waals surface area contributed by atoms with E-state index in [1.807, 2.05) is 0 Å². The number of nitrogens with zero attached hydrogens (tertiary/aromatic N) is 1. The summed E-state index contributed by atoms with van der Waals surface area (Å²) in [5, 5.41) is 0. The zero-order chi connectivity index (χ0) is 13.1. The first-order valence-corrected chi connectivity index (χ1v) is 7.41. The topological polar surface area (TPSA) is 3.88 Å². The molecule has 1 aromatic carbocycles. The van der Waals surface area contributed by atoms with Gasteiger partial charge in [-0.25, -0.2) is 0 Å². The van der Waals surface area contributed by atoms with E-state index in [0.717, 1.165) is 6.54 Å². The van der Waals surface area contributed by atoms with Crippen molar-refractivity contribution in [3.63, 3.8) is 0 Å². The number of halogens is 4. The second kappa shape index (κ2) is 5.88. The van der Waals surface area contributed by atoms with Crippen LogP contribution in [0.15, 0.2) is 24.3 Å². The van der Waals surface area contributed by atoms with Gasteiger partial charge in [-0.3, -0.25) is 0 Å². The number of aromatic nitrogens is 1. The molecule has 0 unspecified atom stereocenters. The Kier molecular flexibility index (Phi) is 5.02. The van der Waals surface area contributed by atoms with Gasteiger partial charge in [-0.1, -0.05) is 0 Å². The second-order valence-corrected chi connectivity index (χ2v) is 6.85. The van der Waals surface area contributed by atoms with Crippen LogP contribution < -0.4 is 4.57 Å². The molecule has 2 rings (SSSR count). The second-order valence-electron chi connectivity index (χ2n) is 3.33. The van der Waals surface area contributed by atoms with E-state index in [2.05, 4.69) is 42.7 Å². The normalized spacial score (nSPS) is 11.2. The maximum atomic E-state index is 9.75. The number of para-hydroxylation sites is 1. The molecule has 1 aromatic heterocycles. The molecule has 0 saturated heterocycles. The number of benzene rings is 1. The largest absolute Gasteiger partial charge is 0.673 e. The predicted molar refractivity (Wildman–Crippen MR) is 61.7 cm³/mol. The maximum absolute atomic E-state index is 9.75. The smallest absolute Gasteiger partial charge is 0.418 e. The van der Waals surface area contributed by atoms with Crippen LogP contribution in [0.1, 0.15) is 10.6 Å². The Morgan fingerprint density at radius 2 is 1.71 bits per heavy atom. The van der Waals surface area contributed by atoms with Crippen molar-refractivity contribution in [2.24, 2.45) is 0 Å². The van der Waals surface area contributed by atoms with Gasteiger partial charge in [-0.2, -0.15) is 0 Å². The molecule has 0 atom stereocenters. The van der Waals surface area contributed by atoms with Crippen LogP contribution in [0, 0.1) is 6.92 Å². The molecular weight excluding hydrogens is 349 g/mol. The Morgan fingerprint density at radius 1 is 1.18 bits per heavy atom. The summed E-state index contributed by atoms with van der Waals surface area (Å²) in [6, 6.07) is 8.79. The minimum Gasteiger partial charge on any atom is -0.418 e. The minimum atomic E-state index is -6.00. The summed E-state index contributed by atoms with van der Waals surface area (Å²) in [5.74, 6) is 0. The van der Waals surface area contributed by atoms with Crippen LogP contribution in [0.5, 0.6) is 0 Å². The van der Waals surface area contributed by atoms with Gasteiger partial charge in [-0.05, 0) is 0 Å². The minimum absolute atomic E-state index is 0.0212. The van der Waals surface area contributed by atoms with Crippen LogP contribution in [-0.4, -0.2) is 27.7 Å². The summed E-state index contributed by atoms with van der Waals surface area (Å²) in [5.41, 5.74) is 1.46. The molecule has 0 fully saturated rings. The van der Waals surface area contributed by atoms with Gasteiger partial charge in [0.2, 0.25) is 0 Å². The first-order chi connectivity index (χ1) is 7.83. The molecule has 0 bridgehead atoms. The van der Waals surface area contributed by atoms with Crippen LogP contribution in [0.4, 0.5) is 17.3 Å². The Hall–Kier alpha value is -0.535. The number of aryl methyl sites for hydroxylation is 2. The van der Waals surface area contributed by atoms with Crippen LogP contribution in [0.25, 0.3) is 8.92 Å². The molecular formula is C10H12BF4NTe. The van der Waals surface area contributed by atoms with Crippen molar-refractivity contribution in [2.45, 2.75) is 20.4 Å². The Morgan fingerprint density at radius 3 is 2.24 bits per heavy atom. The van der Waals surface area contributed by atoms with Crippen molar-refractivity contribution in [1.29, 1.82) is 0 Å². The molecule has 1 nitrogen and oxygen atoms in total. The average molecular weight is 361 g/mol. The van der Waals surface area contributed by atoms with Gasteiger partial charge in [-0.15, -0.1) is 0 Å². The van der Waals surface area contributed by atoms with E-state index >= 15 is 0 Å². The van der Waals surface area contributed by atoms with E-state index in [1.54, 1.807) is 7.11 Å². The summed E-state index contributed by atoms with van der Waals surface area (Å²) >= 11 is -0.0212. The fourth-order valence-corrected chi connectivity index (χ4v) is 4.64. The molecule has 0 N–H and O–H groups in total. The summed E-state index contributed by atoms with van der Waals surface area (Å²) < 4.78 is 44.6. The summed E-state index contributed by atoms with van der Waals surface area (Å²) in [6.07, 6.45) is 0. The van der Waals surface area contributed by atoms with Crippen LogP contribution in [0.3, 0.4) is 0 Å². The monoisotopic (exact) mass is 363 g/mol. The van der Waals surface area contributed by atoms with E-state index in [-0.39, 0.29) is 20.4 Å². The van der Waals surface area contributed by atoms with Gasteiger partial charge < -0.3 is 17.3 Å².